The Balaban J connectivity index is 2.64. The normalized spacial score (nSPS) is 12.1. The van der Waals surface area contributed by atoms with Crippen LogP contribution in [0.25, 0.3) is 5.69 Å². The van der Waals surface area contributed by atoms with Gasteiger partial charge in [0.05, 0.1) is 5.69 Å². The number of H-pyrrole nitrogens is 1. The third-order valence-electron chi connectivity index (χ3n) is 3.61. The Hall–Kier alpha value is -1.77. The first-order valence-corrected chi connectivity index (χ1v) is 7.61. The topological polar surface area (TPSA) is 37.8 Å². The molecule has 21 heavy (non-hydrogen) atoms. The summed E-state index contributed by atoms with van der Waals surface area (Å²) in [5, 5.41) is 3.34. The molecule has 1 aromatic carbocycles. The molecule has 1 aromatic heterocycles. The van der Waals surface area contributed by atoms with Crippen molar-refractivity contribution in [2.45, 2.75) is 53.4 Å². The third kappa shape index (κ3) is 3.29. The van der Waals surface area contributed by atoms with Crippen LogP contribution in [-0.2, 0) is 11.8 Å². The predicted octanol–water partition coefficient (Wildman–Crippen LogP) is 3.97. The lowest BCUT2D eigenvalue weighted by Crippen LogP contribution is -2.19. The van der Waals surface area contributed by atoms with Gasteiger partial charge in [-0.1, -0.05) is 46.8 Å². The monoisotopic (exact) mass is 286 g/mol. The molecule has 0 aliphatic heterocycles. The maximum Gasteiger partial charge on any atom is 0.274 e. The van der Waals surface area contributed by atoms with Crippen LogP contribution in [0.15, 0.2) is 29.1 Å². The van der Waals surface area contributed by atoms with E-state index < -0.39 is 0 Å². The maximum atomic E-state index is 12.8. The highest BCUT2D eigenvalue weighted by molar-refractivity contribution is 5.37. The van der Waals surface area contributed by atoms with Gasteiger partial charge in [-0.2, -0.15) is 0 Å². The van der Waals surface area contributed by atoms with E-state index in [0.29, 0.717) is 5.92 Å². The van der Waals surface area contributed by atoms with Gasteiger partial charge in [-0.25, -0.2) is 4.68 Å². The second kappa shape index (κ2) is 5.55. The fraction of sp³-hybridized carbons (Fsp3) is 0.500. The Morgan fingerprint density at radius 3 is 2.43 bits per heavy atom. The van der Waals surface area contributed by atoms with Crippen LogP contribution in [-0.4, -0.2) is 9.78 Å². The number of aromatic amines is 1. The molecule has 114 valence electrons. The average molecular weight is 286 g/mol. The summed E-state index contributed by atoms with van der Waals surface area (Å²) < 4.78 is 1.69. The number of nitrogens with one attached hydrogen (secondary N) is 1. The number of rotatable bonds is 3. The third-order valence-corrected chi connectivity index (χ3v) is 3.61. The summed E-state index contributed by atoms with van der Waals surface area (Å²) in [6.07, 6.45) is 0.806. The summed E-state index contributed by atoms with van der Waals surface area (Å²) in [6.45, 7) is 12.8. The molecule has 0 unspecified atom stereocenters. The van der Waals surface area contributed by atoms with Crippen LogP contribution in [0.4, 0.5) is 0 Å². The van der Waals surface area contributed by atoms with Crippen molar-refractivity contribution in [3.05, 3.63) is 51.4 Å². The van der Waals surface area contributed by atoms with Gasteiger partial charge in [-0.3, -0.25) is 9.89 Å². The van der Waals surface area contributed by atoms with E-state index in [1.165, 1.54) is 0 Å². The van der Waals surface area contributed by atoms with Gasteiger partial charge >= 0.3 is 0 Å². The first-order chi connectivity index (χ1) is 9.70. The lowest BCUT2D eigenvalue weighted by Gasteiger charge is -2.19. The molecule has 0 aliphatic carbocycles. The highest BCUT2D eigenvalue weighted by Gasteiger charge is 2.25. The zero-order valence-electron chi connectivity index (χ0n) is 13.9. The van der Waals surface area contributed by atoms with Gasteiger partial charge in [-0.05, 0) is 37.0 Å². The van der Waals surface area contributed by atoms with Crippen LogP contribution in [0.2, 0.25) is 0 Å². The van der Waals surface area contributed by atoms with Crippen molar-refractivity contribution >= 4 is 0 Å². The summed E-state index contributed by atoms with van der Waals surface area (Å²) in [4.78, 5) is 12.8. The summed E-state index contributed by atoms with van der Waals surface area (Å²) in [5.74, 6) is 0.459. The van der Waals surface area contributed by atoms with E-state index in [1.807, 2.05) is 31.2 Å². The van der Waals surface area contributed by atoms with E-state index in [-0.39, 0.29) is 11.0 Å². The van der Waals surface area contributed by atoms with Crippen molar-refractivity contribution in [1.29, 1.82) is 0 Å². The van der Waals surface area contributed by atoms with E-state index in [4.69, 9.17) is 0 Å². The summed E-state index contributed by atoms with van der Waals surface area (Å²) >= 11 is 0. The average Bonchev–Trinajstić information content (AvgIpc) is 2.66. The van der Waals surface area contributed by atoms with Crippen LogP contribution in [0, 0.1) is 12.8 Å². The van der Waals surface area contributed by atoms with Crippen molar-refractivity contribution in [2.75, 3.05) is 0 Å². The highest BCUT2D eigenvalue weighted by atomic mass is 16.1. The number of hydrogen-bond acceptors (Lipinski definition) is 1. The van der Waals surface area contributed by atoms with E-state index >= 15 is 0 Å². The molecule has 0 atom stereocenters. The molecule has 0 saturated heterocycles. The van der Waals surface area contributed by atoms with E-state index in [2.05, 4.69) is 39.7 Å². The molecule has 2 aromatic rings. The van der Waals surface area contributed by atoms with Crippen molar-refractivity contribution in [3.8, 4) is 5.69 Å². The number of nitrogens with zero attached hydrogens (tertiary/aromatic N) is 1. The maximum absolute atomic E-state index is 12.8. The fourth-order valence-electron chi connectivity index (χ4n) is 2.64. The van der Waals surface area contributed by atoms with Gasteiger partial charge in [0, 0.05) is 16.7 Å². The van der Waals surface area contributed by atoms with Crippen LogP contribution in [0.5, 0.6) is 0 Å². The Morgan fingerprint density at radius 2 is 1.90 bits per heavy atom. The van der Waals surface area contributed by atoms with Crippen molar-refractivity contribution in [3.63, 3.8) is 0 Å². The fourth-order valence-corrected chi connectivity index (χ4v) is 2.64. The summed E-state index contributed by atoms with van der Waals surface area (Å²) in [6, 6.07) is 8.02. The molecule has 0 fully saturated rings. The van der Waals surface area contributed by atoms with Gasteiger partial charge in [0.1, 0.15) is 0 Å². The number of benzene rings is 1. The summed E-state index contributed by atoms with van der Waals surface area (Å²) in [7, 11) is 0. The minimum Gasteiger partial charge on any atom is -0.294 e. The minimum absolute atomic E-state index is 0.0710. The second-order valence-electron chi connectivity index (χ2n) is 7.29. The lowest BCUT2D eigenvalue weighted by atomic mass is 9.87. The second-order valence-corrected chi connectivity index (χ2v) is 7.29. The predicted molar refractivity (Wildman–Crippen MR) is 88.4 cm³/mol. The number of aryl methyl sites for hydroxylation is 1. The van der Waals surface area contributed by atoms with Gasteiger partial charge in [0.25, 0.3) is 5.56 Å². The lowest BCUT2D eigenvalue weighted by molar-refractivity contribution is 0.545. The van der Waals surface area contributed by atoms with Crippen molar-refractivity contribution in [1.82, 2.24) is 9.78 Å². The van der Waals surface area contributed by atoms with Crippen LogP contribution in [0.3, 0.4) is 0 Å². The summed E-state index contributed by atoms with van der Waals surface area (Å²) in [5.41, 5.74) is 4.02. The Bertz CT molecular complexity index is 684. The van der Waals surface area contributed by atoms with Crippen molar-refractivity contribution < 1.29 is 0 Å². The number of hydrogen-bond donors (Lipinski definition) is 1. The molecule has 0 amide bonds. The molecule has 1 heterocycles. The van der Waals surface area contributed by atoms with Crippen LogP contribution < -0.4 is 5.56 Å². The molecule has 0 bridgehead atoms. The van der Waals surface area contributed by atoms with E-state index in [1.54, 1.807) is 4.68 Å². The van der Waals surface area contributed by atoms with E-state index in [9.17, 15) is 4.79 Å². The molecule has 0 aliphatic rings. The largest absolute Gasteiger partial charge is 0.294 e. The van der Waals surface area contributed by atoms with Gasteiger partial charge < -0.3 is 0 Å². The van der Waals surface area contributed by atoms with E-state index in [0.717, 1.165) is 28.9 Å². The van der Waals surface area contributed by atoms with Crippen molar-refractivity contribution in [2.24, 2.45) is 5.92 Å². The molecule has 3 heteroatoms. The molecular weight excluding hydrogens is 260 g/mol. The molecular formula is C18H26N2O. The van der Waals surface area contributed by atoms with Gasteiger partial charge in [-0.15, -0.1) is 0 Å². The smallest absolute Gasteiger partial charge is 0.274 e. The number of aromatic nitrogens is 2. The minimum atomic E-state index is -0.0710. The molecule has 0 saturated carbocycles. The Morgan fingerprint density at radius 1 is 1.24 bits per heavy atom. The highest BCUT2D eigenvalue weighted by Crippen LogP contribution is 2.25. The molecule has 1 N–H and O–H groups in total. The van der Waals surface area contributed by atoms with Gasteiger partial charge in [0.2, 0.25) is 0 Å². The Labute approximate surface area is 127 Å². The Kier molecular flexibility index (Phi) is 4.13. The standard InChI is InChI=1S/C18H26N2O/c1-12(2)10-15-16(18(4,5)6)19-20(17(15)21)14-9-7-8-13(3)11-14/h7-9,11-12,19H,10H2,1-6H3. The molecule has 3 nitrogen and oxygen atoms in total. The van der Waals surface area contributed by atoms with Crippen LogP contribution in [0.1, 0.15) is 51.4 Å². The molecule has 2 rings (SSSR count). The first-order valence-electron chi connectivity index (χ1n) is 7.61. The zero-order chi connectivity index (χ0) is 15.8. The quantitative estimate of drug-likeness (QED) is 0.911. The zero-order valence-corrected chi connectivity index (χ0v) is 13.9. The molecule has 0 spiro atoms. The molecule has 0 radical (unpaired) electrons. The van der Waals surface area contributed by atoms with Crippen LogP contribution >= 0.6 is 0 Å². The first kappa shape index (κ1) is 15.6. The SMILES string of the molecule is Cc1cccc(-n2[nH]c(C(C)(C)C)c(CC(C)C)c2=O)c1. The van der Waals surface area contributed by atoms with Gasteiger partial charge in [0.15, 0.2) is 0 Å².